The van der Waals surface area contributed by atoms with Crippen molar-refractivity contribution in [2.75, 3.05) is 19.0 Å². The number of hydrogen-bond donors (Lipinski definition) is 2. The number of methoxy groups -OCH3 is 1. The highest BCUT2D eigenvalue weighted by Gasteiger charge is 2.07. The fourth-order valence-electron chi connectivity index (χ4n) is 1.04. The molecule has 14 heavy (non-hydrogen) atoms. The number of primary amides is 1. The maximum atomic E-state index is 10.8. The quantitative estimate of drug-likeness (QED) is 0.738. The zero-order chi connectivity index (χ0) is 10.6. The molecule has 0 saturated carbocycles. The predicted molar refractivity (Wildman–Crippen MR) is 53.5 cm³/mol. The van der Waals surface area contributed by atoms with Gasteiger partial charge in [-0.2, -0.15) is 0 Å². The third-order valence-corrected chi connectivity index (χ3v) is 1.70. The van der Waals surface area contributed by atoms with Gasteiger partial charge >= 0.3 is 0 Å². The number of rotatable bonds is 4. The Bertz CT molecular complexity index is 339. The molecule has 76 valence electrons. The Morgan fingerprint density at radius 1 is 1.71 bits per heavy atom. The van der Waals surface area contributed by atoms with E-state index in [4.69, 9.17) is 10.5 Å². The van der Waals surface area contributed by atoms with E-state index in [1.54, 1.807) is 6.07 Å². The van der Waals surface area contributed by atoms with Gasteiger partial charge in [0.05, 0.1) is 12.7 Å². The molecule has 0 radical (unpaired) electrons. The van der Waals surface area contributed by atoms with E-state index >= 15 is 0 Å². The lowest BCUT2D eigenvalue weighted by Gasteiger charge is -2.08. The van der Waals surface area contributed by atoms with Gasteiger partial charge in [-0.1, -0.05) is 0 Å². The lowest BCUT2D eigenvalue weighted by molar-refractivity contribution is 0.0999. The fourth-order valence-corrected chi connectivity index (χ4v) is 1.04. The van der Waals surface area contributed by atoms with E-state index in [1.165, 1.54) is 13.3 Å². The van der Waals surface area contributed by atoms with Gasteiger partial charge in [0.15, 0.2) is 11.6 Å². The molecule has 0 spiro atoms. The Morgan fingerprint density at radius 2 is 2.43 bits per heavy atom. The Kier molecular flexibility index (Phi) is 3.28. The van der Waals surface area contributed by atoms with E-state index in [9.17, 15) is 4.79 Å². The van der Waals surface area contributed by atoms with E-state index in [0.717, 1.165) is 6.54 Å². The van der Waals surface area contributed by atoms with Gasteiger partial charge in [0.1, 0.15) is 0 Å². The summed E-state index contributed by atoms with van der Waals surface area (Å²) >= 11 is 0. The van der Waals surface area contributed by atoms with E-state index < -0.39 is 5.91 Å². The van der Waals surface area contributed by atoms with Gasteiger partial charge in [-0.3, -0.25) is 4.79 Å². The second kappa shape index (κ2) is 4.45. The van der Waals surface area contributed by atoms with Gasteiger partial charge in [0.25, 0.3) is 0 Å². The van der Waals surface area contributed by atoms with Crippen LogP contribution in [-0.4, -0.2) is 24.5 Å². The van der Waals surface area contributed by atoms with Gasteiger partial charge in [-0.05, 0) is 13.0 Å². The first-order chi connectivity index (χ1) is 6.69. The largest absolute Gasteiger partial charge is 0.493 e. The van der Waals surface area contributed by atoms with Crippen molar-refractivity contribution in [2.24, 2.45) is 5.73 Å². The third-order valence-electron chi connectivity index (χ3n) is 1.70. The van der Waals surface area contributed by atoms with Crippen molar-refractivity contribution in [3.63, 3.8) is 0 Å². The van der Waals surface area contributed by atoms with Crippen molar-refractivity contribution >= 4 is 11.7 Å². The lowest BCUT2D eigenvalue weighted by atomic mass is 10.2. The SMILES string of the molecule is CCNc1ncc(C(N)=O)cc1OC. The fraction of sp³-hybridized carbons (Fsp3) is 0.333. The van der Waals surface area contributed by atoms with Crippen LogP contribution in [0.5, 0.6) is 5.75 Å². The zero-order valence-corrected chi connectivity index (χ0v) is 8.20. The smallest absolute Gasteiger partial charge is 0.250 e. The van der Waals surface area contributed by atoms with E-state index in [2.05, 4.69) is 10.3 Å². The van der Waals surface area contributed by atoms with Crippen LogP contribution < -0.4 is 15.8 Å². The number of nitrogens with one attached hydrogen (secondary N) is 1. The highest BCUT2D eigenvalue weighted by molar-refractivity contribution is 5.93. The summed E-state index contributed by atoms with van der Waals surface area (Å²) in [5.74, 6) is 0.613. The minimum Gasteiger partial charge on any atom is -0.493 e. The van der Waals surface area contributed by atoms with Gasteiger partial charge in [0.2, 0.25) is 5.91 Å². The van der Waals surface area contributed by atoms with Gasteiger partial charge in [-0.15, -0.1) is 0 Å². The second-order valence-corrected chi connectivity index (χ2v) is 2.67. The molecule has 0 atom stereocenters. The average molecular weight is 195 g/mol. The standard InChI is InChI=1S/C9H13N3O2/c1-3-11-9-7(14-2)4-6(5-12-9)8(10)13/h4-5H,3H2,1-2H3,(H2,10,13)(H,11,12). The van der Waals surface area contributed by atoms with Crippen LogP contribution in [0.2, 0.25) is 0 Å². The van der Waals surface area contributed by atoms with Crippen LogP contribution in [0, 0.1) is 0 Å². The van der Waals surface area contributed by atoms with Crippen LogP contribution in [-0.2, 0) is 0 Å². The summed E-state index contributed by atoms with van der Waals surface area (Å²) in [6.07, 6.45) is 1.42. The molecular formula is C9H13N3O2. The molecule has 0 saturated heterocycles. The molecule has 0 aliphatic carbocycles. The summed E-state index contributed by atoms with van der Waals surface area (Å²) < 4.78 is 5.06. The maximum Gasteiger partial charge on any atom is 0.250 e. The number of nitrogens with zero attached hydrogens (tertiary/aromatic N) is 1. The Labute approximate surface area is 82.3 Å². The van der Waals surface area contributed by atoms with Crippen molar-refractivity contribution in [2.45, 2.75) is 6.92 Å². The summed E-state index contributed by atoms with van der Waals surface area (Å²) in [6.45, 7) is 2.68. The van der Waals surface area contributed by atoms with Crippen molar-refractivity contribution in [1.82, 2.24) is 4.98 Å². The molecule has 1 aromatic rings. The van der Waals surface area contributed by atoms with Crippen molar-refractivity contribution in [3.8, 4) is 5.75 Å². The number of amides is 1. The molecule has 0 bridgehead atoms. The lowest BCUT2D eigenvalue weighted by Crippen LogP contribution is -2.12. The van der Waals surface area contributed by atoms with E-state index in [-0.39, 0.29) is 0 Å². The number of hydrogen-bond acceptors (Lipinski definition) is 4. The number of anilines is 1. The average Bonchev–Trinajstić information content (AvgIpc) is 2.18. The number of pyridine rings is 1. The normalized spacial score (nSPS) is 9.57. The van der Waals surface area contributed by atoms with Crippen LogP contribution in [0.25, 0.3) is 0 Å². The van der Waals surface area contributed by atoms with Gasteiger partial charge in [0, 0.05) is 12.7 Å². The topological polar surface area (TPSA) is 77.2 Å². The summed E-state index contributed by atoms with van der Waals surface area (Å²) in [7, 11) is 1.52. The van der Waals surface area contributed by atoms with Crippen molar-refractivity contribution in [3.05, 3.63) is 17.8 Å². The summed E-state index contributed by atoms with van der Waals surface area (Å²) in [5.41, 5.74) is 5.44. The van der Waals surface area contributed by atoms with Crippen LogP contribution in [0.1, 0.15) is 17.3 Å². The molecule has 0 unspecified atom stereocenters. The van der Waals surface area contributed by atoms with E-state index in [1.807, 2.05) is 6.92 Å². The van der Waals surface area contributed by atoms with Crippen LogP contribution in [0.4, 0.5) is 5.82 Å². The summed E-state index contributed by atoms with van der Waals surface area (Å²) in [6, 6.07) is 1.56. The maximum absolute atomic E-state index is 10.8. The van der Waals surface area contributed by atoms with Crippen molar-refractivity contribution < 1.29 is 9.53 Å². The highest BCUT2D eigenvalue weighted by Crippen LogP contribution is 2.21. The van der Waals surface area contributed by atoms with Gasteiger partial charge in [-0.25, -0.2) is 4.98 Å². The zero-order valence-electron chi connectivity index (χ0n) is 8.20. The molecule has 1 heterocycles. The molecule has 0 fully saturated rings. The first-order valence-electron chi connectivity index (χ1n) is 4.26. The van der Waals surface area contributed by atoms with Crippen LogP contribution in [0.3, 0.4) is 0 Å². The molecule has 0 aliphatic heterocycles. The van der Waals surface area contributed by atoms with Gasteiger partial charge < -0.3 is 15.8 Å². The minimum absolute atomic E-state index is 0.337. The number of nitrogens with two attached hydrogens (primary N) is 1. The Morgan fingerprint density at radius 3 is 2.93 bits per heavy atom. The minimum atomic E-state index is -0.515. The number of ether oxygens (including phenoxy) is 1. The molecular weight excluding hydrogens is 182 g/mol. The molecule has 1 amide bonds. The Balaban J connectivity index is 3.04. The monoisotopic (exact) mass is 195 g/mol. The summed E-state index contributed by atoms with van der Waals surface area (Å²) in [4.78, 5) is 14.9. The van der Waals surface area contributed by atoms with E-state index in [0.29, 0.717) is 17.1 Å². The molecule has 5 heteroatoms. The number of carbonyl (C=O) groups is 1. The molecule has 1 rings (SSSR count). The highest BCUT2D eigenvalue weighted by atomic mass is 16.5. The molecule has 0 aromatic carbocycles. The first-order valence-corrected chi connectivity index (χ1v) is 4.26. The first kappa shape index (κ1) is 10.3. The summed E-state index contributed by atoms with van der Waals surface area (Å²) in [5, 5.41) is 3.00. The van der Waals surface area contributed by atoms with Crippen LogP contribution >= 0.6 is 0 Å². The van der Waals surface area contributed by atoms with Crippen molar-refractivity contribution in [1.29, 1.82) is 0 Å². The Hall–Kier alpha value is -1.78. The number of carbonyl (C=O) groups excluding carboxylic acids is 1. The molecule has 1 aromatic heterocycles. The molecule has 5 nitrogen and oxygen atoms in total. The second-order valence-electron chi connectivity index (χ2n) is 2.67. The third kappa shape index (κ3) is 2.12. The molecule has 3 N–H and O–H groups in total. The molecule has 0 aliphatic rings. The van der Waals surface area contributed by atoms with Crippen LogP contribution in [0.15, 0.2) is 12.3 Å². The number of aromatic nitrogens is 1. The predicted octanol–water partition coefficient (Wildman–Crippen LogP) is 0.621.